The maximum atomic E-state index is 12.5. The van der Waals surface area contributed by atoms with Gasteiger partial charge in [-0.05, 0) is 42.2 Å². The van der Waals surface area contributed by atoms with E-state index < -0.39 is 0 Å². The van der Waals surface area contributed by atoms with Crippen molar-refractivity contribution < 1.29 is 4.79 Å². The maximum absolute atomic E-state index is 12.5. The molecule has 0 bridgehead atoms. The lowest BCUT2D eigenvalue weighted by molar-refractivity contribution is -0.123. The van der Waals surface area contributed by atoms with Crippen molar-refractivity contribution in [3.63, 3.8) is 0 Å². The summed E-state index contributed by atoms with van der Waals surface area (Å²) in [6.07, 6.45) is 2.25. The molecule has 5 heteroatoms. The quantitative estimate of drug-likeness (QED) is 0.701. The second kappa shape index (κ2) is 10.8. The van der Waals surface area contributed by atoms with Crippen molar-refractivity contribution in [2.75, 3.05) is 32.7 Å². The summed E-state index contributed by atoms with van der Waals surface area (Å²) in [6, 6.07) is 16.7. The molecule has 1 amide bonds. The second-order valence-electron chi connectivity index (χ2n) is 7.96. The smallest absolute Gasteiger partial charge is 0.234 e. The van der Waals surface area contributed by atoms with Crippen molar-refractivity contribution in [3.05, 3.63) is 70.2 Å². The number of rotatable bonds is 8. The van der Waals surface area contributed by atoms with E-state index in [1.54, 1.807) is 0 Å². The summed E-state index contributed by atoms with van der Waals surface area (Å²) >= 11 is 6.08. The van der Waals surface area contributed by atoms with Gasteiger partial charge in [0.05, 0.1) is 12.6 Å². The molecule has 1 atom stereocenters. The molecule has 1 saturated heterocycles. The monoisotopic (exact) mass is 413 g/mol. The van der Waals surface area contributed by atoms with Gasteiger partial charge in [0, 0.05) is 37.7 Å². The van der Waals surface area contributed by atoms with Crippen LogP contribution in [0.25, 0.3) is 0 Å². The molecule has 2 aromatic carbocycles. The Balaban J connectivity index is 1.41. The molecule has 2 aromatic rings. The lowest BCUT2D eigenvalue weighted by Crippen LogP contribution is -2.49. The Morgan fingerprint density at radius 3 is 2.38 bits per heavy atom. The van der Waals surface area contributed by atoms with Crippen molar-refractivity contribution in [1.82, 2.24) is 15.1 Å². The molecule has 156 valence electrons. The lowest BCUT2D eigenvalue weighted by atomic mass is 10.0. The van der Waals surface area contributed by atoms with Crippen LogP contribution in [0.3, 0.4) is 0 Å². The third kappa shape index (κ3) is 6.84. The van der Waals surface area contributed by atoms with Crippen molar-refractivity contribution >= 4 is 17.5 Å². The minimum absolute atomic E-state index is 0.0299. The Kier molecular flexibility index (Phi) is 8.10. The Bertz CT molecular complexity index is 785. The fourth-order valence-corrected chi connectivity index (χ4v) is 4.05. The molecule has 1 fully saturated rings. The molecule has 1 aliphatic heterocycles. The number of carbonyl (C=O) groups is 1. The fourth-order valence-electron chi connectivity index (χ4n) is 3.83. The largest absolute Gasteiger partial charge is 0.348 e. The van der Waals surface area contributed by atoms with Crippen LogP contribution in [0.5, 0.6) is 0 Å². The first kappa shape index (κ1) is 21.8. The summed E-state index contributed by atoms with van der Waals surface area (Å²) in [5, 5.41) is 3.93. The van der Waals surface area contributed by atoms with Crippen LogP contribution in [0.4, 0.5) is 0 Å². The van der Waals surface area contributed by atoms with Gasteiger partial charge in [0.25, 0.3) is 0 Å². The van der Waals surface area contributed by atoms with Crippen LogP contribution in [-0.4, -0.2) is 48.4 Å². The molecule has 1 unspecified atom stereocenters. The topological polar surface area (TPSA) is 35.6 Å². The number of aryl methyl sites for hydroxylation is 1. The molecule has 0 aliphatic carbocycles. The second-order valence-corrected chi connectivity index (χ2v) is 8.40. The number of piperazine rings is 1. The maximum Gasteiger partial charge on any atom is 0.234 e. The summed E-state index contributed by atoms with van der Waals surface area (Å²) in [5.41, 5.74) is 3.75. The first-order valence-electron chi connectivity index (χ1n) is 10.6. The van der Waals surface area contributed by atoms with Crippen molar-refractivity contribution in [1.29, 1.82) is 0 Å². The Morgan fingerprint density at radius 1 is 1.03 bits per heavy atom. The predicted octanol–water partition coefficient (Wildman–Crippen LogP) is 4.29. The first-order chi connectivity index (χ1) is 14.0. The molecular formula is C24H32ClN3O. The zero-order chi connectivity index (χ0) is 20.6. The molecule has 0 radical (unpaired) electrons. The molecule has 0 saturated carbocycles. The van der Waals surface area contributed by atoms with E-state index in [0.717, 1.165) is 56.2 Å². The zero-order valence-electron chi connectivity index (χ0n) is 17.5. The number of carbonyl (C=O) groups excluding carboxylic acids is 1. The fraction of sp³-hybridized carbons (Fsp3) is 0.458. The van der Waals surface area contributed by atoms with Gasteiger partial charge in [0.1, 0.15) is 0 Å². The van der Waals surface area contributed by atoms with Gasteiger partial charge in [-0.15, -0.1) is 0 Å². The molecule has 0 aromatic heterocycles. The Hall–Kier alpha value is -1.88. The number of benzene rings is 2. The van der Waals surface area contributed by atoms with E-state index in [9.17, 15) is 4.79 Å². The third-order valence-corrected chi connectivity index (χ3v) is 5.76. The lowest BCUT2D eigenvalue weighted by Gasteiger charge is -2.34. The molecule has 3 rings (SSSR count). The number of hydrogen-bond acceptors (Lipinski definition) is 3. The first-order valence-corrected chi connectivity index (χ1v) is 11.0. The molecule has 4 nitrogen and oxygen atoms in total. The Labute approximate surface area is 179 Å². The van der Waals surface area contributed by atoms with Crippen LogP contribution in [0.15, 0.2) is 48.5 Å². The highest BCUT2D eigenvalue weighted by Gasteiger charge is 2.20. The third-order valence-electron chi connectivity index (χ3n) is 5.52. The molecular weight excluding hydrogens is 382 g/mol. The van der Waals surface area contributed by atoms with Crippen molar-refractivity contribution in [2.24, 2.45) is 0 Å². The highest BCUT2D eigenvalue weighted by molar-refractivity contribution is 6.30. The van der Waals surface area contributed by atoms with E-state index in [1.165, 1.54) is 11.1 Å². The molecule has 1 aliphatic rings. The van der Waals surface area contributed by atoms with E-state index in [4.69, 9.17) is 11.6 Å². The van der Waals surface area contributed by atoms with Crippen LogP contribution in [-0.2, 0) is 17.8 Å². The molecule has 1 N–H and O–H groups in total. The van der Waals surface area contributed by atoms with E-state index in [2.05, 4.69) is 59.3 Å². The van der Waals surface area contributed by atoms with Gasteiger partial charge in [-0.25, -0.2) is 0 Å². The van der Waals surface area contributed by atoms with Gasteiger partial charge in [-0.1, -0.05) is 61.3 Å². The van der Waals surface area contributed by atoms with Crippen LogP contribution >= 0.6 is 11.6 Å². The van der Waals surface area contributed by atoms with E-state index in [0.29, 0.717) is 6.54 Å². The van der Waals surface area contributed by atoms with E-state index in [-0.39, 0.29) is 11.9 Å². The summed E-state index contributed by atoms with van der Waals surface area (Å²) < 4.78 is 0. The van der Waals surface area contributed by atoms with Gasteiger partial charge in [-0.3, -0.25) is 14.6 Å². The highest BCUT2D eigenvalue weighted by Crippen LogP contribution is 2.16. The van der Waals surface area contributed by atoms with E-state index in [1.807, 2.05) is 18.2 Å². The van der Waals surface area contributed by atoms with Crippen molar-refractivity contribution in [3.8, 4) is 0 Å². The number of nitrogens with one attached hydrogen (secondary N) is 1. The molecule has 0 spiro atoms. The van der Waals surface area contributed by atoms with Gasteiger partial charge in [0.15, 0.2) is 0 Å². The average Bonchev–Trinajstić information content (AvgIpc) is 2.70. The minimum atomic E-state index is 0.0299. The predicted molar refractivity (Wildman–Crippen MR) is 120 cm³/mol. The highest BCUT2D eigenvalue weighted by atomic mass is 35.5. The SMILES string of the molecule is CCCc1ccc(C(C)NC(=O)CN2CCN(Cc3cccc(Cl)c3)CC2)cc1. The summed E-state index contributed by atoms with van der Waals surface area (Å²) in [5.74, 6) is 0.0958. The van der Waals surface area contributed by atoms with Gasteiger partial charge in [0.2, 0.25) is 5.91 Å². The standard InChI is InChI=1S/C24H32ClN3O/c1-3-5-20-8-10-22(11-9-20)19(2)26-24(29)18-28-14-12-27(13-15-28)17-21-6-4-7-23(25)16-21/h4,6-11,16,19H,3,5,12-15,17-18H2,1-2H3,(H,26,29). The number of halogens is 1. The van der Waals surface area contributed by atoms with Gasteiger partial charge >= 0.3 is 0 Å². The summed E-state index contributed by atoms with van der Waals surface area (Å²) in [4.78, 5) is 17.1. The molecule has 1 heterocycles. The van der Waals surface area contributed by atoms with Crippen LogP contribution in [0, 0.1) is 0 Å². The average molecular weight is 414 g/mol. The molecule has 29 heavy (non-hydrogen) atoms. The van der Waals surface area contributed by atoms with Crippen LogP contribution in [0.1, 0.15) is 43.0 Å². The van der Waals surface area contributed by atoms with Crippen LogP contribution in [0.2, 0.25) is 5.02 Å². The normalized spacial score (nSPS) is 16.5. The Morgan fingerprint density at radius 2 is 1.72 bits per heavy atom. The number of amides is 1. The van der Waals surface area contributed by atoms with Crippen molar-refractivity contribution in [2.45, 2.75) is 39.3 Å². The van der Waals surface area contributed by atoms with Crippen LogP contribution < -0.4 is 5.32 Å². The van der Waals surface area contributed by atoms with Gasteiger partial charge < -0.3 is 5.32 Å². The summed E-state index contributed by atoms with van der Waals surface area (Å²) in [7, 11) is 0. The van der Waals surface area contributed by atoms with Gasteiger partial charge in [-0.2, -0.15) is 0 Å². The minimum Gasteiger partial charge on any atom is -0.348 e. The summed E-state index contributed by atoms with van der Waals surface area (Å²) in [6.45, 7) is 9.36. The number of hydrogen-bond donors (Lipinski definition) is 1. The number of nitrogens with zero attached hydrogens (tertiary/aromatic N) is 2. The zero-order valence-corrected chi connectivity index (χ0v) is 18.3. The van der Waals surface area contributed by atoms with E-state index >= 15 is 0 Å².